The molecule has 0 aliphatic rings. The number of hydrogen-bond donors (Lipinski definition) is 3. The Kier molecular flexibility index (Phi) is 4.56. The van der Waals surface area contributed by atoms with Gasteiger partial charge in [0.15, 0.2) is 0 Å². The first-order valence-electron chi connectivity index (χ1n) is 6.54. The molecule has 0 heterocycles. The van der Waals surface area contributed by atoms with Crippen LogP contribution in [0, 0.1) is 0 Å². The van der Waals surface area contributed by atoms with Gasteiger partial charge in [-0.1, -0.05) is 36.4 Å². The van der Waals surface area contributed by atoms with E-state index in [1.54, 1.807) is 31.3 Å². The Hall–Kier alpha value is -2.82. The van der Waals surface area contributed by atoms with Gasteiger partial charge in [0.2, 0.25) is 5.91 Å². The van der Waals surface area contributed by atoms with Crippen molar-refractivity contribution in [3.63, 3.8) is 0 Å². The zero-order valence-corrected chi connectivity index (χ0v) is 11.7. The molecule has 5 heteroatoms. The molecule has 0 saturated heterocycles. The molecule has 2 aromatic rings. The van der Waals surface area contributed by atoms with Crippen LogP contribution in [-0.2, 0) is 4.79 Å². The largest absolute Gasteiger partial charge is 0.370 e. The van der Waals surface area contributed by atoms with Gasteiger partial charge in [0.25, 0.3) is 5.91 Å². The van der Waals surface area contributed by atoms with Gasteiger partial charge in [-0.15, -0.1) is 0 Å². The second-order valence-electron chi connectivity index (χ2n) is 4.55. The summed E-state index contributed by atoms with van der Waals surface area (Å²) in [6.07, 6.45) is 0. The standard InChI is InChI=1S/C16H17N3O2/c1-18-16(21)12-8-5-9-13(10-12)19-14(15(17)20)11-6-3-2-4-7-11/h2-10,14,19H,1H3,(H2,17,20)(H,18,21)/t14-/m0/s1. The molecule has 0 unspecified atom stereocenters. The normalized spacial score (nSPS) is 11.5. The number of anilines is 1. The topological polar surface area (TPSA) is 84.2 Å². The van der Waals surface area contributed by atoms with Crippen LogP contribution in [0.3, 0.4) is 0 Å². The lowest BCUT2D eigenvalue weighted by atomic mass is 10.1. The lowest BCUT2D eigenvalue weighted by Gasteiger charge is -2.17. The van der Waals surface area contributed by atoms with Crippen molar-refractivity contribution in [2.45, 2.75) is 6.04 Å². The summed E-state index contributed by atoms with van der Waals surface area (Å²) in [5, 5.41) is 5.62. The van der Waals surface area contributed by atoms with Gasteiger partial charge in [0.05, 0.1) is 0 Å². The minimum atomic E-state index is -0.647. The van der Waals surface area contributed by atoms with E-state index in [1.807, 2.05) is 30.3 Å². The molecule has 108 valence electrons. The molecule has 0 aliphatic heterocycles. The predicted octanol–water partition coefficient (Wildman–Crippen LogP) is 1.68. The molecular formula is C16H17N3O2. The van der Waals surface area contributed by atoms with Crippen molar-refractivity contribution in [2.24, 2.45) is 5.73 Å². The molecule has 0 aromatic heterocycles. The number of nitrogens with two attached hydrogens (primary N) is 1. The third-order valence-electron chi connectivity index (χ3n) is 3.08. The molecule has 2 rings (SSSR count). The number of nitrogens with one attached hydrogen (secondary N) is 2. The molecule has 2 amide bonds. The Labute approximate surface area is 123 Å². The molecule has 1 atom stereocenters. The predicted molar refractivity (Wildman–Crippen MR) is 81.8 cm³/mol. The summed E-state index contributed by atoms with van der Waals surface area (Å²) in [5.41, 5.74) is 7.40. The highest BCUT2D eigenvalue weighted by molar-refractivity contribution is 5.95. The highest BCUT2D eigenvalue weighted by Crippen LogP contribution is 2.20. The highest BCUT2D eigenvalue weighted by atomic mass is 16.2. The van der Waals surface area contributed by atoms with Gasteiger partial charge in [0, 0.05) is 18.3 Å². The number of carbonyl (C=O) groups is 2. The Balaban J connectivity index is 2.26. The summed E-state index contributed by atoms with van der Waals surface area (Å²) in [6.45, 7) is 0. The van der Waals surface area contributed by atoms with Gasteiger partial charge >= 0.3 is 0 Å². The second-order valence-corrected chi connectivity index (χ2v) is 4.55. The molecule has 0 saturated carbocycles. The van der Waals surface area contributed by atoms with Crippen LogP contribution < -0.4 is 16.4 Å². The van der Waals surface area contributed by atoms with Crippen LogP contribution in [0.15, 0.2) is 54.6 Å². The minimum absolute atomic E-state index is 0.186. The van der Waals surface area contributed by atoms with Crippen LogP contribution in [0.2, 0.25) is 0 Å². The van der Waals surface area contributed by atoms with Crippen LogP contribution in [-0.4, -0.2) is 18.9 Å². The number of benzene rings is 2. The van der Waals surface area contributed by atoms with Gasteiger partial charge < -0.3 is 16.4 Å². The highest BCUT2D eigenvalue weighted by Gasteiger charge is 2.17. The van der Waals surface area contributed by atoms with Crippen molar-refractivity contribution in [1.82, 2.24) is 5.32 Å². The lowest BCUT2D eigenvalue weighted by molar-refractivity contribution is -0.118. The maximum absolute atomic E-state index is 11.7. The molecule has 0 bridgehead atoms. The van der Waals surface area contributed by atoms with Gasteiger partial charge in [0.1, 0.15) is 6.04 Å². The fraction of sp³-hybridized carbons (Fsp3) is 0.125. The third kappa shape index (κ3) is 3.60. The van der Waals surface area contributed by atoms with Crippen LogP contribution >= 0.6 is 0 Å². The van der Waals surface area contributed by atoms with E-state index in [0.717, 1.165) is 5.56 Å². The summed E-state index contributed by atoms with van der Waals surface area (Å²) in [7, 11) is 1.57. The summed E-state index contributed by atoms with van der Waals surface area (Å²) in [6, 6.07) is 15.5. The second kappa shape index (κ2) is 6.56. The van der Waals surface area contributed by atoms with E-state index in [1.165, 1.54) is 0 Å². The number of rotatable bonds is 5. The van der Waals surface area contributed by atoms with Crippen LogP contribution in [0.4, 0.5) is 5.69 Å². The molecule has 21 heavy (non-hydrogen) atoms. The van der Waals surface area contributed by atoms with Crippen molar-refractivity contribution < 1.29 is 9.59 Å². The first-order chi connectivity index (χ1) is 10.1. The molecule has 0 fully saturated rings. The summed E-state index contributed by atoms with van der Waals surface area (Å²) in [4.78, 5) is 23.3. The molecule has 5 nitrogen and oxygen atoms in total. The van der Waals surface area contributed by atoms with E-state index >= 15 is 0 Å². The van der Waals surface area contributed by atoms with Crippen molar-refractivity contribution >= 4 is 17.5 Å². The fourth-order valence-electron chi connectivity index (χ4n) is 2.03. The van der Waals surface area contributed by atoms with E-state index in [4.69, 9.17) is 5.73 Å². The molecule has 0 spiro atoms. The number of hydrogen-bond acceptors (Lipinski definition) is 3. The van der Waals surface area contributed by atoms with E-state index in [9.17, 15) is 9.59 Å². The molecule has 4 N–H and O–H groups in total. The van der Waals surface area contributed by atoms with Crippen LogP contribution in [0.25, 0.3) is 0 Å². The van der Waals surface area contributed by atoms with E-state index in [0.29, 0.717) is 11.3 Å². The molecule has 2 aromatic carbocycles. The average Bonchev–Trinajstić information content (AvgIpc) is 2.52. The molecular weight excluding hydrogens is 266 g/mol. The van der Waals surface area contributed by atoms with Crippen molar-refractivity contribution in [3.05, 3.63) is 65.7 Å². The number of primary amides is 1. The SMILES string of the molecule is CNC(=O)c1cccc(N[C@H](C(N)=O)c2ccccc2)c1. The maximum Gasteiger partial charge on any atom is 0.251 e. The van der Waals surface area contributed by atoms with Crippen LogP contribution in [0.1, 0.15) is 22.0 Å². The Morgan fingerprint density at radius 2 is 1.76 bits per heavy atom. The van der Waals surface area contributed by atoms with Crippen molar-refractivity contribution in [2.75, 3.05) is 12.4 Å². The molecule has 0 radical (unpaired) electrons. The number of carbonyl (C=O) groups excluding carboxylic acids is 2. The van der Waals surface area contributed by atoms with Crippen LogP contribution in [0.5, 0.6) is 0 Å². The third-order valence-corrected chi connectivity index (χ3v) is 3.08. The van der Waals surface area contributed by atoms with Crippen molar-refractivity contribution in [1.29, 1.82) is 0 Å². The summed E-state index contributed by atoms with van der Waals surface area (Å²) < 4.78 is 0. The quantitative estimate of drug-likeness (QED) is 0.780. The lowest BCUT2D eigenvalue weighted by Crippen LogP contribution is -2.27. The zero-order chi connectivity index (χ0) is 15.2. The van der Waals surface area contributed by atoms with Gasteiger partial charge in [-0.3, -0.25) is 9.59 Å². The van der Waals surface area contributed by atoms with Gasteiger partial charge in [-0.25, -0.2) is 0 Å². The van der Waals surface area contributed by atoms with E-state index < -0.39 is 11.9 Å². The zero-order valence-electron chi connectivity index (χ0n) is 11.7. The molecule has 0 aliphatic carbocycles. The Bertz CT molecular complexity index is 641. The monoisotopic (exact) mass is 283 g/mol. The van der Waals surface area contributed by atoms with E-state index in [-0.39, 0.29) is 5.91 Å². The van der Waals surface area contributed by atoms with E-state index in [2.05, 4.69) is 10.6 Å². The number of amides is 2. The Morgan fingerprint density at radius 3 is 2.38 bits per heavy atom. The summed E-state index contributed by atoms with van der Waals surface area (Å²) >= 11 is 0. The van der Waals surface area contributed by atoms with Crippen molar-refractivity contribution in [3.8, 4) is 0 Å². The van der Waals surface area contributed by atoms with Gasteiger partial charge in [-0.05, 0) is 23.8 Å². The first kappa shape index (κ1) is 14.6. The minimum Gasteiger partial charge on any atom is -0.370 e. The maximum atomic E-state index is 11.7. The average molecular weight is 283 g/mol. The summed E-state index contributed by atoms with van der Waals surface area (Å²) in [5.74, 6) is -0.666. The Morgan fingerprint density at radius 1 is 1.05 bits per heavy atom. The first-order valence-corrected chi connectivity index (χ1v) is 6.54. The van der Waals surface area contributed by atoms with Gasteiger partial charge in [-0.2, -0.15) is 0 Å². The smallest absolute Gasteiger partial charge is 0.251 e. The fourth-order valence-corrected chi connectivity index (χ4v) is 2.03.